The van der Waals surface area contributed by atoms with Gasteiger partial charge < -0.3 is 15.5 Å². The second-order valence-corrected chi connectivity index (χ2v) is 4.21. The molecular weight excluding hydrogens is 188 g/mol. The second-order valence-electron chi connectivity index (χ2n) is 4.21. The van der Waals surface area contributed by atoms with Crippen LogP contribution in [0.4, 0.5) is 0 Å². The Kier molecular flexibility index (Phi) is 5.47. The third-order valence-electron chi connectivity index (χ3n) is 2.84. The first kappa shape index (κ1) is 12.3. The Balaban J connectivity index is 2.18. The number of hydrogen-bond acceptors (Lipinski definition) is 2. The monoisotopic (exact) mass is 212 g/mol. The number of guanidine groups is 1. The van der Waals surface area contributed by atoms with Crippen LogP contribution in [0.25, 0.3) is 0 Å². The van der Waals surface area contributed by atoms with Crippen LogP contribution in [0.15, 0.2) is 4.99 Å². The molecule has 1 saturated heterocycles. The van der Waals surface area contributed by atoms with Gasteiger partial charge in [-0.15, -0.1) is 0 Å². The van der Waals surface area contributed by atoms with Crippen LogP contribution in [0.3, 0.4) is 0 Å². The molecule has 1 rings (SSSR count). The van der Waals surface area contributed by atoms with E-state index in [0.717, 1.165) is 26.1 Å². The molecule has 0 atom stereocenters. The van der Waals surface area contributed by atoms with Gasteiger partial charge >= 0.3 is 0 Å². The predicted octanol–water partition coefficient (Wildman–Crippen LogP) is 0.739. The Hall–Kier alpha value is -0.770. The van der Waals surface area contributed by atoms with Gasteiger partial charge in [0.25, 0.3) is 0 Å². The minimum absolute atomic E-state index is 0.677. The molecule has 1 heterocycles. The molecule has 0 aromatic heterocycles. The summed E-state index contributed by atoms with van der Waals surface area (Å²) in [6, 6.07) is 0. The molecule has 4 heteroatoms. The first-order valence-electron chi connectivity index (χ1n) is 5.97. The van der Waals surface area contributed by atoms with Gasteiger partial charge in [-0.25, -0.2) is 0 Å². The van der Waals surface area contributed by atoms with Crippen LogP contribution in [-0.2, 0) is 0 Å². The normalized spacial score (nSPS) is 18.4. The summed E-state index contributed by atoms with van der Waals surface area (Å²) < 4.78 is 0. The van der Waals surface area contributed by atoms with E-state index in [1.807, 2.05) is 11.9 Å². The van der Waals surface area contributed by atoms with E-state index in [-0.39, 0.29) is 0 Å². The van der Waals surface area contributed by atoms with Crippen LogP contribution in [0.5, 0.6) is 0 Å². The van der Waals surface area contributed by atoms with Crippen molar-refractivity contribution in [3.05, 3.63) is 0 Å². The average molecular weight is 212 g/mol. The van der Waals surface area contributed by atoms with Crippen LogP contribution in [-0.4, -0.2) is 55.5 Å². The largest absolute Gasteiger partial charge is 0.370 e. The Bertz CT molecular complexity index is 197. The van der Waals surface area contributed by atoms with Crippen LogP contribution in [0.2, 0.25) is 0 Å². The van der Waals surface area contributed by atoms with Crippen molar-refractivity contribution in [1.82, 2.24) is 9.80 Å². The lowest BCUT2D eigenvalue weighted by Crippen LogP contribution is -2.39. The van der Waals surface area contributed by atoms with E-state index in [9.17, 15) is 0 Å². The van der Waals surface area contributed by atoms with Gasteiger partial charge in [0.1, 0.15) is 0 Å². The molecule has 15 heavy (non-hydrogen) atoms. The molecule has 4 nitrogen and oxygen atoms in total. The topological polar surface area (TPSA) is 44.9 Å². The first-order chi connectivity index (χ1) is 7.24. The van der Waals surface area contributed by atoms with E-state index in [1.54, 1.807) is 0 Å². The molecule has 88 valence electrons. The standard InChI is InChI=1S/C11H24N4/c1-3-6-13-11(12)14(2)9-10-15-7-4-5-8-15/h3-10H2,1-2H3,(H2,12,13). The van der Waals surface area contributed by atoms with E-state index >= 15 is 0 Å². The summed E-state index contributed by atoms with van der Waals surface area (Å²) in [6.45, 7) is 7.54. The van der Waals surface area contributed by atoms with Gasteiger partial charge in [0.15, 0.2) is 5.96 Å². The molecule has 0 amide bonds. The van der Waals surface area contributed by atoms with Crippen molar-refractivity contribution in [2.75, 3.05) is 39.8 Å². The number of hydrogen-bond donors (Lipinski definition) is 1. The Labute approximate surface area is 93.1 Å². The molecule has 0 radical (unpaired) electrons. The lowest BCUT2D eigenvalue weighted by atomic mass is 10.4. The van der Waals surface area contributed by atoms with E-state index < -0.39 is 0 Å². The zero-order valence-corrected chi connectivity index (χ0v) is 10.1. The Morgan fingerprint density at radius 2 is 2.07 bits per heavy atom. The molecule has 2 N–H and O–H groups in total. The van der Waals surface area contributed by atoms with Gasteiger partial charge in [-0.3, -0.25) is 4.99 Å². The fourth-order valence-corrected chi connectivity index (χ4v) is 1.76. The highest BCUT2D eigenvalue weighted by Crippen LogP contribution is 2.06. The highest BCUT2D eigenvalue weighted by atomic mass is 15.3. The van der Waals surface area contributed by atoms with E-state index in [4.69, 9.17) is 5.73 Å². The summed E-state index contributed by atoms with van der Waals surface area (Å²) in [6.07, 6.45) is 3.76. The van der Waals surface area contributed by atoms with Crippen molar-refractivity contribution >= 4 is 5.96 Å². The second kappa shape index (κ2) is 6.67. The molecule has 1 aliphatic heterocycles. The van der Waals surface area contributed by atoms with Crippen molar-refractivity contribution < 1.29 is 0 Å². The van der Waals surface area contributed by atoms with Crippen LogP contribution >= 0.6 is 0 Å². The molecular formula is C11H24N4. The SMILES string of the molecule is CCCN=C(N)N(C)CCN1CCCC1. The third kappa shape index (κ3) is 4.51. The highest BCUT2D eigenvalue weighted by molar-refractivity contribution is 5.77. The Morgan fingerprint density at radius 1 is 1.40 bits per heavy atom. The third-order valence-corrected chi connectivity index (χ3v) is 2.84. The van der Waals surface area contributed by atoms with Crippen molar-refractivity contribution in [1.29, 1.82) is 0 Å². The first-order valence-corrected chi connectivity index (χ1v) is 5.97. The van der Waals surface area contributed by atoms with E-state index in [1.165, 1.54) is 25.9 Å². The predicted molar refractivity (Wildman–Crippen MR) is 65.1 cm³/mol. The highest BCUT2D eigenvalue weighted by Gasteiger charge is 2.12. The van der Waals surface area contributed by atoms with E-state index in [0.29, 0.717) is 5.96 Å². The summed E-state index contributed by atoms with van der Waals surface area (Å²) in [4.78, 5) is 8.83. The summed E-state index contributed by atoms with van der Waals surface area (Å²) in [5, 5.41) is 0. The molecule has 0 aliphatic carbocycles. The molecule has 0 bridgehead atoms. The fraction of sp³-hybridized carbons (Fsp3) is 0.909. The summed E-state index contributed by atoms with van der Waals surface area (Å²) in [7, 11) is 2.02. The number of likely N-dealkylation sites (N-methyl/N-ethyl adjacent to an activating group) is 1. The van der Waals surface area contributed by atoms with Crippen molar-refractivity contribution in [2.45, 2.75) is 26.2 Å². The van der Waals surface area contributed by atoms with Gasteiger partial charge in [0.2, 0.25) is 0 Å². The van der Waals surface area contributed by atoms with Gasteiger partial charge in [-0.05, 0) is 32.4 Å². The molecule has 0 aromatic rings. The fourth-order valence-electron chi connectivity index (χ4n) is 1.76. The molecule has 0 aromatic carbocycles. The maximum atomic E-state index is 5.85. The van der Waals surface area contributed by atoms with E-state index in [2.05, 4.69) is 16.8 Å². The lowest BCUT2D eigenvalue weighted by Gasteiger charge is -2.22. The van der Waals surface area contributed by atoms with Gasteiger partial charge in [0, 0.05) is 26.7 Å². The molecule has 1 fully saturated rings. The van der Waals surface area contributed by atoms with Crippen molar-refractivity contribution in [2.24, 2.45) is 10.7 Å². The summed E-state index contributed by atoms with van der Waals surface area (Å²) >= 11 is 0. The number of aliphatic imine (C=N–C) groups is 1. The zero-order chi connectivity index (χ0) is 11.1. The summed E-state index contributed by atoms with van der Waals surface area (Å²) in [5.74, 6) is 0.677. The molecule has 1 aliphatic rings. The smallest absolute Gasteiger partial charge is 0.191 e. The molecule has 0 unspecified atom stereocenters. The molecule has 0 saturated carbocycles. The summed E-state index contributed by atoms with van der Waals surface area (Å²) in [5.41, 5.74) is 5.85. The van der Waals surface area contributed by atoms with Gasteiger partial charge in [-0.2, -0.15) is 0 Å². The van der Waals surface area contributed by atoms with Crippen LogP contribution in [0, 0.1) is 0 Å². The van der Waals surface area contributed by atoms with Crippen LogP contribution < -0.4 is 5.73 Å². The molecule has 0 spiro atoms. The minimum Gasteiger partial charge on any atom is -0.370 e. The minimum atomic E-state index is 0.677. The lowest BCUT2D eigenvalue weighted by molar-refractivity contribution is 0.306. The van der Waals surface area contributed by atoms with Gasteiger partial charge in [-0.1, -0.05) is 6.92 Å². The zero-order valence-electron chi connectivity index (χ0n) is 10.1. The average Bonchev–Trinajstić information content (AvgIpc) is 2.75. The maximum Gasteiger partial charge on any atom is 0.191 e. The quantitative estimate of drug-likeness (QED) is 0.540. The maximum absolute atomic E-state index is 5.85. The van der Waals surface area contributed by atoms with Gasteiger partial charge in [0.05, 0.1) is 0 Å². The van der Waals surface area contributed by atoms with Crippen molar-refractivity contribution in [3.8, 4) is 0 Å². The number of likely N-dealkylation sites (tertiary alicyclic amines) is 1. The van der Waals surface area contributed by atoms with Crippen molar-refractivity contribution in [3.63, 3.8) is 0 Å². The van der Waals surface area contributed by atoms with Crippen LogP contribution in [0.1, 0.15) is 26.2 Å². The Morgan fingerprint density at radius 3 is 2.67 bits per heavy atom. The number of rotatable bonds is 5. The number of nitrogens with two attached hydrogens (primary N) is 1. The number of nitrogens with zero attached hydrogens (tertiary/aromatic N) is 3.